The van der Waals surface area contributed by atoms with Gasteiger partial charge in [-0.2, -0.15) is 0 Å². The summed E-state index contributed by atoms with van der Waals surface area (Å²) in [6.07, 6.45) is 33.7. The molecule has 2 aliphatic carbocycles. The van der Waals surface area contributed by atoms with Gasteiger partial charge in [0, 0.05) is 0 Å². The van der Waals surface area contributed by atoms with Gasteiger partial charge >= 0.3 is 23.9 Å². The number of rotatable bonds is 36. The average molecular weight is 833 g/mol. The average Bonchev–Trinajstić information content (AvgIpc) is 4.18. The van der Waals surface area contributed by atoms with Crippen molar-refractivity contribution in [2.24, 2.45) is 23.7 Å². The molecule has 0 bridgehead atoms. The monoisotopic (exact) mass is 833 g/mol. The van der Waals surface area contributed by atoms with Crippen LogP contribution in [-0.4, -0.2) is 74.7 Å². The molecule has 0 N–H and O–H groups in total. The Morgan fingerprint density at radius 3 is 0.712 bits per heavy atom. The summed E-state index contributed by atoms with van der Waals surface area (Å²) in [5.74, 6) is -2.94. The number of fused-ring (bicyclic) bond motifs is 2. The van der Waals surface area contributed by atoms with Crippen LogP contribution in [0.2, 0.25) is 0 Å². The van der Waals surface area contributed by atoms with E-state index in [1.165, 1.54) is 89.9 Å². The standard InChI is InChI=1S/C49H84O10/c1-3-5-7-9-11-14-18-22-26-30-54-46(50)38-34-42-44(58-42)36-40(38)48(52)56-32-28-24-20-16-13-17-21-25-29-33-57-49(53)41-37-45-43(59-45)35-39(41)47(51)55-31-27-23-19-15-12-10-8-6-4-2/h38-45H,3-37H2,1-2H3. The van der Waals surface area contributed by atoms with Crippen LogP contribution in [0.4, 0.5) is 0 Å². The Balaban J connectivity index is 0.950. The van der Waals surface area contributed by atoms with Gasteiger partial charge < -0.3 is 28.4 Å². The summed E-state index contributed by atoms with van der Waals surface area (Å²) in [6.45, 7) is 6.11. The van der Waals surface area contributed by atoms with Gasteiger partial charge in [0.1, 0.15) is 0 Å². The first-order chi connectivity index (χ1) is 28.9. The molecule has 4 fully saturated rings. The van der Waals surface area contributed by atoms with E-state index in [-0.39, 0.29) is 48.3 Å². The van der Waals surface area contributed by atoms with Gasteiger partial charge in [0.2, 0.25) is 0 Å². The summed E-state index contributed by atoms with van der Waals surface area (Å²) in [4.78, 5) is 52.0. The molecular formula is C49H84O10. The number of ether oxygens (including phenoxy) is 6. The Bertz CT molecular complexity index is 1090. The van der Waals surface area contributed by atoms with E-state index < -0.39 is 23.7 Å². The second kappa shape index (κ2) is 29.9. The van der Waals surface area contributed by atoms with Gasteiger partial charge in [0.05, 0.1) is 74.5 Å². The van der Waals surface area contributed by atoms with Crippen molar-refractivity contribution in [3.8, 4) is 0 Å². The molecule has 0 aromatic heterocycles. The minimum Gasteiger partial charge on any atom is -0.465 e. The smallest absolute Gasteiger partial charge is 0.309 e. The lowest BCUT2D eigenvalue weighted by molar-refractivity contribution is -0.162. The molecule has 0 radical (unpaired) electrons. The van der Waals surface area contributed by atoms with Crippen LogP contribution in [0, 0.1) is 23.7 Å². The molecule has 0 aromatic carbocycles. The number of hydrogen-bond donors (Lipinski definition) is 0. The van der Waals surface area contributed by atoms with E-state index >= 15 is 0 Å². The van der Waals surface area contributed by atoms with E-state index in [0.717, 1.165) is 83.5 Å². The molecule has 4 aliphatic rings. The molecule has 0 aromatic rings. The highest BCUT2D eigenvalue weighted by Crippen LogP contribution is 2.45. The summed E-state index contributed by atoms with van der Waals surface area (Å²) in [7, 11) is 0. The van der Waals surface area contributed by atoms with Gasteiger partial charge in [-0.1, -0.05) is 162 Å². The summed E-state index contributed by atoms with van der Waals surface area (Å²) in [5.41, 5.74) is 0. The lowest BCUT2D eigenvalue weighted by Crippen LogP contribution is -2.37. The molecule has 59 heavy (non-hydrogen) atoms. The molecular weight excluding hydrogens is 749 g/mol. The molecule has 10 nitrogen and oxygen atoms in total. The quantitative estimate of drug-likeness (QED) is 0.0260. The molecule has 2 heterocycles. The third-order valence-electron chi connectivity index (χ3n) is 13.3. The van der Waals surface area contributed by atoms with Crippen molar-refractivity contribution in [2.45, 2.75) is 237 Å². The number of epoxide rings is 2. The zero-order valence-corrected chi connectivity index (χ0v) is 37.5. The van der Waals surface area contributed by atoms with Crippen molar-refractivity contribution in [3.05, 3.63) is 0 Å². The predicted molar refractivity (Wildman–Crippen MR) is 230 cm³/mol. The first-order valence-corrected chi connectivity index (χ1v) is 24.9. The van der Waals surface area contributed by atoms with Gasteiger partial charge in [-0.25, -0.2) is 0 Å². The number of carbonyl (C=O) groups excluding carboxylic acids is 4. The fraction of sp³-hybridized carbons (Fsp3) is 0.918. The van der Waals surface area contributed by atoms with Gasteiger partial charge in [0.15, 0.2) is 0 Å². The summed E-state index contributed by atoms with van der Waals surface area (Å²) in [6, 6.07) is 0. The van der Waals surface area contributed by atoms with Crippen molar-refractivity contribution in [1.82, 2.24) is 0 Å². The van der Waals surface area contributed by atoms with Crippen molar-refractivity contribution < 1.29 is 47.6 Å². The van der Waals surface area contributed by atoms with Crippen LogP contribution in [-0.2, 0) is 47.6 Å². The molecule has 2 saturated carbocycles. The molecule has 2 saturated heterocycles. The largest absolute Gasteiger partial charge is 0.465 e. The highest BCUT2D eigenvalue weighted by Gasteiger charge is 2.54. The van der Waals surface area contributed by atoms with Crippen molar-refractivity contribution in [3.63, 3.8) is 0 Å². The maximum atomic E-state index is 13.0. The van der Waals surface area contributed by atoms with E-state index in [1.807, 2.05) is 0 Å². The van der Waals surface area contributed by atoms with Gasteiger partial charge in [-0.3, -0.25) is 19.2 Å². The van der Waals surface area contributed by atoms with Crippen LogP contribution in [0.1, 0.15) is 213 Å². The van der Waals surface area contributed by atoms with E-state index in [9.17, 15) is 19.2 Å². The molecule has 8 unspecified atom stereocenters. The van der Waals surface area contributed by atoms with Crippen molar-refractivity contribution in [2.75, 3.05) is 26.4 Å². The summed E-state index contributed by atoms with van der Waals surface area (Å²) < 4.78 is 34.0. The Kier molecular flexibility index (Phi) is 25.1. The Hall–Kier alpha value is -2.20. The zero-order valence-electron chi connectivity index (χ0n) is 37.5. The normalized spacial score (nSPS) is 25.4. The molecule has 10 heteroatoms. The molecule has 4 rings (SSSR count). The highest BCUT2D eigenvalue weighted by molar-refractivity contribution is 5.83. The van der Waals surface area contributed by atoms with E-state index in [0.29, 0.717) is 52.1 Å². The lowest BCUT2D eigenvalue weighted by Gasteiger charge is -2.26. The minimum atomic E-state index is -0.468. The predicted octanol–water partition coefficient (Wildman–Crippen LogP) is 11.3. The van der Waals surface area contributed by atoms with E-state index in [2.05, 4.69) is 13.8 Å². The van der Waals surface area contributed by atoms with Crippen LogP contribution in [0.25, 0.3) is 0 Å². The second-order valence-corrected chi connectivity index (χ2v) is 18.3. The third-order valence-corrected chi connectivity index (χ3v) is 13.3. The number of carbonyl (C=O) groups is 4. The molecule has 0 amide bonds. The zero-order chi connectivity index (χ0) is 41.9. The first kappa shape index (κ1) is 49.5. The SMILES string of the molecule is CCCCCCCCCCCOC(=O)C1CC2OC2CC1C(=O)OCCCCCCCCCCCOC(=O)C1CC2OC2CC1C(=O)OCCCCCCCCCCC. The Labute approximate surface area is 358 Å². The highest BCUT2D eigenvalue weighted by atomic mass is 16.6. The fourth-order valence-corrected chi connectivity index (χ4v) is 9.27. The number of unbranched alkanes of at least 4 members (excludes halogenated alkanes) is 24. The third kappa shape index (κ3) is 20.0. The molecule has 2 aliphatic heterocycles. The molecule has 340 valence electrons. The maximum absolute atomic E-state index is 13.0. The Morgan fingerprint density at radius 2 is 0.508 bits per heavy atom. The van der Waals surface area contributed by atoms with Crippen LogP contribution < -0.4 is 0 Å². The summed E-state index contributed by atoms with van der Waals surface area (Å²) in [5, 5.41) is 0. The van der Waals surface area contributed by atoms with Gasteiger partial charge in [-0.15, -0.1) is 0 Å². The summed E-state index contributed by atoms with van der Waals surface area (Å²) >= 11 is 0. The van der Waals surface area contributed by atoms with Crippen molar-refractivity contribution >= 4 is 23.9 Å². The van der Waals surface area contributed by atoms with Gasteiger partial charge in [-0.05, 0) is 51.4 Å². The molecule has 0 spiro atoms. The Morgan fingerprint density at radius 1 is 0.322 bits per heavy atom. The van der Waals surface area contributed by atoms with Crippen LogP contribution >= 0.6 is 0 Å². The minimum absolute atomic E-state index is 0.0791. The van der Waals surface area contributed by atoms with Gasteiger partial charge in [0.25, 0.3) is 0 Å². The topological polar surface area (TPSA) is 130 Å². The number of hydrogen-bond acceptors (Lipinski definition) is 10. The molecule has 8 atom stereocenters. The van der Waals surface area contributed by atoms with E-state index in [1.54, 1.807) is 0 Å². The second-order valence-electron chi connectivity index (χ2n) is 18.3. The first-order valence-electron chi connectivity index (χ1n) is 24.9. The van der Waals surface area contributed by atoms with Crippen molar-refractivity contribution in [1.29, 1.82) is 0 Å². The lowest BCUT2D eigenvalue weighted by atomic mass is 9.79. The number of esters is 4. The van der Waals surface area contributed by atoms with Crippen LogP contribution in [0.3, 0.4) is 0 Å². The van der Waals surface area contributed by atoms with E-state index in [4.69, 9.17) is 28.4 Å². The van der Waals surface area contributed by atoms with Crippen LogP contribution in [0.15, 0.2) is 0 Å². The van der Waals surface area contributed by atoms with Crippen LogP contribution in [0.5, 0.6) is 0 Å². The maximum Gasteiger partial charge on any atom is 0.309 e. The fourth-order valence-electron chi connectivity index (χ4n) is 9.27.